The Kier molecular flexibility index (Phi) is 1.76. The van der Waals surface area contributed by atoms with Crippen LogP contribution in [0.4, 0.5) is 0 Å². The molecule has 2 aliphatic carbocycles. The lowest BCUT2D eigenvalue weighted by molar-refractivity contribution is 0.0622. The van der Waals surface area contributed by atoms with Gasteiger partial charge in [0.2, 0.25) is 0 Å². The first-order chi connectivity index (χ1) is 5.50. The average Bonchev–Trinajstić information content (AvgIpc) is 2.64. The summed E-state index contributed by atoms with van der Waals surface area (Å²) in [5, 5.41) is 9.60. The van der Waals surface area contributed by atoms with Crippen molar-refractivity contribution < 1.29 is 5.11 Å². The van der Waals surface area contributed by atoms with Crippen LogP contribution in [0.2, 0.25) is 0 Å². The monoisotopic (exact) mass is 168 g/mol. The molecule has 70 valence electrons. The number of aliphatic hydroxyl groups is 1. The largest absolute Gasteiger partial charge is 0.393 e. The summed E-state index contributed by atoms with van der Waals surface area (Å²) in [6.07, 6.45) is 3.62. The van der Waals surface area contributed by atoms with E-state index in [0.29, 0.717) is 11.3 Å². The smallest absolute Gasteiger partial charge is 0.0571 e. The van der Waals surface area contributed by atoms with Gasteiger partial charge in [-0.25, -0.2) is 0 Å². The normalized spacial score (nSPS) is 47.0. The van der Waals surface area contributed by atoms with Crippen molar-refractivity contribution in [2.45, 2.75) is 46.1 Å². The van der Waals surface area contributed by atoms with Gasteiger partial charge in [0.25, 0.3) is 0 Å². The molecule has 0 spiro atoms. The van der Waals surface area contributed by atoms with Crippen LogP contribution >= 0.6 is 0 Å². The van der Waals surface area contributed by atoms with Crippen molar-refractivity contribution in [2.75, 3.05) is 0 Å². The fraction of sp³-hybridized carbons (Fsp3) is 1.00. The van der Waals surface area contributed by atoms with Gasteiger partial charge in [0.15, 0.2) is 0 Å². The van der Waals surface area contributed by atoms with Gasteiger partial charge in [-0.3, -0.25) is 0 Å². The van der Waals surface area contributed by atoms with Crippen molar-refractivity contribution in [3.8, 4) is 0 Å². The summed E-state index contributed by atoms with van der Waals surface area (Å²) in [6, 6.07) is 0. The van der Waals surface area contributed by atoms with Crippen LogP contribution in [-0.2, 0) is 0 Å². The van der Waals surface area contributed by atoms with Crippen LogP contribution in [0.25, 0.3) is 0 Å². The standard InChI is InChI=1S/C11H20O/c1-11(2,3)9-4-5-10(12)8-6-7(8)9/h7-10,12H,4-6H2,1-3H3. The predicted molar refractivity (Wildman–Crippen MR) is 49.8 cm³/mol. The third-order valence-corrected chi connectivity index (χ3v) is 3.79. The quantitative estimate of drug-likeness (QED) is 0.589. The molecule has 1 N–H and O–H groups in total. The minimum atomic E-state index is 0.0357. The summed E-state index contributed by atoms with van der Waals surface area (Å²) in [5.41, 5.74) is 0.458. The third kappa shape index (κ3) is 1.28. The lowest BCUT2D eigenvalue weighted by Gasteiger charge is -2.35. The summed E-state index contributed by atoms with van der Waals surface area (Å²) in [4.78, 5) is 0. The Hall–Kier alpha value is -0.0400. The van der Waals surface area contributed by atoms with Gasteiger partial charge in [-0.1, -0.05) is 20.8 Å². The molecule has 0 aromatic heterocycles. The molecule has 2 saturated carbocycles. The van der Waals surface area contributed by atoms with Gasteiger partial charge < -0.3 is 5.11 Å². The Morgan fingerprint density at radius 3 is 2.33 bits per heavy atom. The predicted octanol–water partition coefficient (Wildman–Crippen LogP) is 2.44. The Morgan fingerprint density at radius 2 is 1.75 bits per heavy atom. The highest BCUT2D eigenvalue weighted by Crippen LogP contribution is 2.57. The number of rotatable bonds is 0. The van der Waals surface area contributed by atoms with E-state index in [-0.39, 0.29) is 6.10 Å². The van der Waals surface area contributed by atoms with E-state index in [1.165, 1.54) is 12.8 Å². The zero-order chi connectivity index (χ0) is 8.93. The Labute approximate surface area is 75.2 Å². The van der Waals surface area contributed by atoms with Crippen molar-refractivity contribution in [1.82, 2.24) is 0 Å². The van der Waals surface area contributed by atoms with Gasteiger partial charge in [-0.2, -0.15) is 0 Å². The van der Waals surface area contributed by atoms with Crippen LogP contribution in [0.3, 0.4) is 0 Å². The molecule has 2 rings (SSSR count). The van der Waals surface area contributed by atoms with Gasteiger partial charge in [0, 0.05) is 0 Å². The van der Waals surface area contributed by atoms with E-state index in [1.54, 1.807) is 0 Å². The van der Waals surface area contributed by atoms with E-state index in [2.05, 4.69) is 20.8 Å². The highest BCUT2D eigenvalue weighted by Gasteiger charge is 2.52. The first-order valence-corrected chi connectivity index (χ1v) is 5.18. The molecule has 0 aliphatic heterocycles. The molecule has 2 fully saturated rings. The molecule has 4 atom stereocenters. The summed E-state index contributed by atoms with van der Waals surface area (Å²) in [5.74, 6) is 2.39. The van der Waals surface area contributed by atoms with E-state index in [0.717, 1.165) is 18.3 Å². The maximum Gasteiger partial charge on any atom is 0.0571 e. The Bertz CT molecular complexity index is 180. The zero-order valence-corrected chi connectivity index (χ0v) is 8.38. The van der Waals surface area contributed by atoms with Crippen LogP contribution in [0.5, 0.6) is 0 Å². The second-order valence-corrected chi connectivity index (χ2v) is 5.68. The van der Waals surface area contributed by atoms with E-state index in [9.17, 15) is 5.11 Å². The number of hydrogen-bond acceptors (Lipinski definition) is 1. The van der Waals surface area contributed by atoms with Crippen LogP contribution in [0, 0.1) is 23.2 Å². The van der Waals surface area contributed by atoms with E-state index in [4.69, 9.17) is 0 Å². The fourth-order valence-corrected chi connectivity index (χ4v) is 2.99. The summed E-state index contributed by atoms with van der Waals surface area (Å²) in [6.45, 7) is 7.01. The molecule has 0 aromatic carbocycles. The number of fused-ring (bicyclic) bond motifs is 1. The highest BCUT2D eigenvalue weighted by molar-refractivity contribution is 5.02. The molecule has 0 bridgehead atoms. The molecular weight excluding hydrogens is 148 g/mol. The molecule has 0 radical (unpaired) electrons. The molecule has 12 heavy (non-hydrogen) atoms. The van der Waals surface area contributed by atoms with Crippen LogP contribution in [0.1, 0.15) is 40.0 Å². The first-order valence-electron chi connectivity index (χ1n) is 5.18. The van der Waals surface area contributed by atoms with Gasteiger partial charge in [-0.15, -0.1) is 0 Å². The van der Waals surface area contributed by atoms with Crippen molar-refractivity contribution in [3.63, 3.8) is 0 Å². The lowest BCUT2D eigenvalue weighted by Crippen LogP contribution is -2.30. The van der Waals surface area contributed by atoms with Gasteiger partial charge >= 0.3 is 0 Å². The zero-order valence-electron chi connectivity index (χ0n) is 8.38. The third-order valence-electron chi connectivity index (χ3n) is 3.79. The number of aliphatic hydroxyl groups excluding tert-OH is 1. The Balaban J connectivity index is 2.03. The van der Waals surface area contributed by atoms with Crippen LogP contribution < -0.4 is 0 Å². The van der Waals surface area contributed by atoms with Crippen molar-refractivity contribution in [1.29, 1.82) is 0 Å². The van der Waals surface area contributed by atoms with Gasteiger partial charge in [-0.05, 0) is 42.4 Å². The maximum atomic E-state index is 9.60. The van der Waals surface area contributed by atoms with E-state index >= 15 is 0 Å². The van der Waals surface area contributed by atoms with Crippen molar-refractivity contribution in [3.05, 3.63) is 0 Å². The minimum Gasteiger partial charge on any atom is -0.393 e. The van der Waals surface area contributed by atoms with Crippen LogP contribution in [0.15, 0.2) is 0 Å². The maximum absolute atomic E-state index is 9.60. The lowest BCUT2D eigenvalue weighted by atomic mass is 9.71. The molecule has 0 heterocycles. The fourth-order valence-electron chi connectivity index (χ4n) is 2.99. The average molecular weight is 168 g/mol. The molecule has 0 aromatic rings. The van der Waals surface area contributed by atoms with E-state index < -0.39 is 0 Å². The second-order valence-electron chi connectivity index (χ2n) is 5.68. The van der Waals surface area contributed by atoms with Gasteiger partial charge in [0.05, 0.1) is 6.10 Å². The van der Waals surface area contributed by atoms with Crippen LogP contribution in [-0.4, -0.2) is 11.2 Å². The van der Waals surface area contributed by atoms with Crippen molar-refractivity contribution >= 4 is 0 Å². The second kappa shape index (κ2) is 2.47. The SMILES string of the molecule is CC(C)(C)C1CCC(O)C2CC21. The minimum absolute atomic E-state index is 0.0357. The molecule has 0 saturated heterocycles. The Morgan fingerprint density at radius 1 is 1.08 bits per heavy atom. The summed E-state index contributed by atoms with van der Waals surface area (Å²) >= 11 is 0. The first kappa shape index (κ1) is 8.55. The van der Waals surface area contributed by atoms with Crippen molar-refractivity contribution in [2.24, 2.45) is 23.2 Å². The molecule has 1 heteroatoms. The summed E-state index contributed by atoms with van der Waals surface area (Å²) < 4.78 is 0. The van der Waals surface area contributed by atoms with E-state index in [1.807, 2.05) is 0 Å². The topological polar surface area (TPSA) is 20.2 Å². The molecule has 0 amide bonds. The molecule has 1 nitrogen and oxygen atoms in total. The molecular formula is C11H20O. The molecule has 4 unspecified atom stereocenters. The summed E-state index contributed by atoms with van der Waals surface area (Å²) in [7, 11) is 0. The number of hydrogen-bond donors (Lipinski definition) is 1. The molecule has 2 aliphatic rings. The van der Waals surface area contributed by atoms with Gasteiger partial charge in [0.1, 0.15) is 0 Å². The highest BCUT2D eigenvalue weighted by atomic mass is 16.3.